The second kappa shape index (κ2) is 9.19. The summed E-state index contributed by atoms with van der Waals surface area (Å²) in [5.74, 6) is 0.555. The summed E-state index contributed by atoms with van der Waals surface area (Å²) in [4.78, 5) is 14.7. The van der Waals surface area contributed by atoms with Gasteiger partial charge in [-0.3, -0.25) is 9.48 Å². The summed E-state index contributed by atoms with van der Waals surface area (Å²) >= 11 is 5.95. The third kappa shape index (κ3) is 5.08. The molecule has 5 nitrogen and oxygen atoms in total. The second-order valence-corrected chi connectivity index (χ2v) is 7.36. The molecule has 1 amide bonds. The van der Waals surface area contributed by atoms with Crippen molar-refractivity contribution in [3.63, 3.8) is 0 Å². The molecule has 1 fully saturated rings. The molecular formula is C20H27ClN4O. The zero-order valence-electron chi connectivity index (χ0n) is 15.3. The topological polar surface area (TPSA) is 50.2 Å². The third-order valence-corrected chi connectivity index (χ3v) is 5.06. The van der Waals surface area contributed by atoms with E-state index in [0.717, 1.165) is 43.7 Å². The first kappa shape index (κ1) is 18.9. The Labute approximate surface area is 160 Å². The normalized spacial score (nSPS) is 17.2. The molecule has 1 aliphatic rings. The lowest BCUT2D eigenvalue weighted by molar-refractivity contribution is -0.132. The van der Waals surface area contributed by atoms with Crippen LogP contribution in [0.25, 0.3) is 0 Å². The Morgan fingerprint density at radius 2 is 2.15 bits per heavy atom. The van der Waals surface area contributed by atoms with Gasteiger partial charge in [0, 0.05) is 36.8 Å². The zero-order chi connectivity index (χ0) is 18.4. The summed E-state index contributed by atoms with van der Waals surface area (Å²) in [6.45, 7) is 5.78. The van der Waals surface area contributed by atoms with E-state index in [1.165, 1.54) is 6.42 Å². The smallest absolute Gasteiger partial charge is 0.244 e. The molecule has 0 unspecified atom stereocenters. The largest absolute Gasteiger partial charge is 0.337 e. The van der Waals surface area contributed by atoms with Gasteiger partial charge in [-0.05, 0) is 49.6 Å². The number of amides is 1. The van der Waals surface area contributed by atoms with Gasteiger partial charge in [0.2, 0.25) is 5.91 Å². The van der Waals surface area contributed by atoms with E-state index in [1.54, 1.807) is 4.68 Å². The van der Waals surface area contributed by atoms with Crippen molar-refractivity contribution in [2.75, 3.05) is 19.6 Å². The van der Waals surface area contributed by atoms with E-state index < -0.39 is 0 Å². The fourth-order valence-electron chi connectivity index (χ4n) is 3.40. The zero-order valence-corrected chi connectivity index (χ0v) is 16.1. The highest BCUT2D eigenvalue weighted by atomic mass is 35.5. The average Bonchev–Trinajstić information content (AvgIpc) is 3.12. The van der Waals surface area contributed by atoms with E-state index in [9.17, 15) is 4.79 Å². The molecule has 1 N–H and O–H groups in total. The van der Waals surface area contributed by atoms with Gasteiger partial charge in [-0.15, -0.1) is 0 Å². The van der Waals surface area contributed by atoms with E-state index in [1.807, 2.05) is 41.4 Å². The van der Waals surface area contributed by atoms with Crippen LogP contribution in [0.5, 0.6) is 0 Å². The Morgan fingerprint density at radius 1 is 1.35 bits per heavy atom. The number of hydrogen-bond acceptors (Lipinski definition) is 3. The van der Waals surface area contributed by atoms with E-state index in [2.05, 4.69) is 17.3 Å². The number of nitrogens with zero attached hydrogens (tertiary/aromatic N) is 3. The number of halogens is 1. The SMILES string of the molecule is CCCN(Cc1ccc(Cl)cc1)C(=O)Cn1ccc([C@H]2CCCNC2)n1. The van der Waals surface area contributed by atoms with E-state index in [-0.39, 0.29) is 12.5 Å². The fourth-order valence-corrected chi connectivity index (χ4v) is 3.52. The van der Waals surface area contributed by atoms with Crippen LogP contribution >= 0.6 is 11.6 Å². The highest BCUT2D eigenvalue weighted by Crippen LogP contribution is 2.21. The number of rotatable bonds is 7. The molecule has 1 aromatic carbocycles. The first-order chi connectivity index (χ1) is 12.7. The summed E-state index contributed by atoms with van der Waals surface area (Å²) in [6, 6.07) is 9.72. The van der Waals surface area contributed by atoms with Crippen molar-refractivity contribution in [1.82, 2.24) is 20.0 Å². The summed E-state index contributed by atoms with van der Waals surface area (Å²) < 4.78 is 1.77. The van der Waals surface area contributed by atoms with Crippen molar-refractivity contribution in [2.24, 2.45) is 0 Å². The van der Waals surface area contributed by atoms with Gasteiger partial charge in [0.1, 0.15) is 6.54 Å². The van der Waals surface area contributed by atoms with Gasteiger partial charge in [-0.25, -0.2) is 0 Å². The quantitative estimate of drug-likeness (QED) is 0.807. The summed E-state index contributed by atoms with van der Waals surface area (Å²) in [7, 11) is 0. The molecule has 0 radical (unpaired) electrons. The first-order valence-corrected chi connectivity index (χ1v) is 9.80. The molecule has 1 aliphatic heterocycles. The van der Waals surface area contributed by atoms with Crippen LogP contribution in [0.2, 0.25) is 5.02 Å². The molecular weight excluding hydrogens is 348 g/mol. The van der Waals surface area contributed by atoms with Crippen molar-refractivity contribution >= 4 is 17.5 Å². The van der Waals surface area contributed by atoms with Crippen molar-refractivity contribution in [1.29, 1.82) is 0 Å². The average molecular weight is 375 g/mol. The minimum Gasteiger partial charge on any atom is -0.337 e. The second-order valence-electron chi connectivity index (χ2n) is 6.92. The van der Waals surface area contributed by atoms with Crippen LogP contribution in [-0.4, -0.2) is 40.2 Å². The molecule has 1 aromatic heterocycles. The first-order valence-electron chi connectivity index (χ1n) is 9.42. The van der Waals surface area contributed by atoms with Crippen LogP contribution in [0.15, 0.2) is 36.5 Å². The molecule has 0 spiro atoms. The predicted molar refractivity (Wildman–Crippen MR) is 104 cm³/mol. The Kier molecular flexibility index (Phi) is 6.69. The highest BCUT2D eigenvalue weighted by molar-refractivity contribution is 6.30. The van der Waals surface area contributed by atoms with Gasteiger partial charge in [0.15, 0.2) is 0 Å². The molecule has 0 bridgehead atoms. The minimum absolute atomic E-state index is 0.0956. The highest BCUT2D eigenvalue weighted by Gasteiger charge is 2.19. The summed E-state index contributed by atoms with van der Waals surface area (Å²) in [6.07, 6.45) is 5.20. The van der Waals surface area contributed by atoms with Crippen LogP contribution in [0.1, 0.15) is 43.4 Å². The Morgan fingerprint density at radius 3 is 2.85 bits per heavy atom. The number of carbonyl (C=O) groups excluding carboxylic acids is 1. The lowest BCUT2D eigenvalue weighted by Crippen LogP contribution is -2.34. The fraction of sp³-hybridized carbons (Fsp3) is 0.500. The maximum Gasteiger partial charge on any atom is 0.244 e. The van der Waals surface area contributed by atoms with Crippen molar-refractivity contribution in [3.8, 4) is 0 Å². The summed E-state index contributed by atoms with van der Waals surface area (Å²) in [5, 5.41) is 8.77. The van der Waals surface area contributed by atoms with Gasteiger partial charge in [0.05, 0.1) is 5.69 Å². The van der Waals surface area contributed by atoms with Gasteiger partial charge in [-0.1, -0.05) is 30.7 Å². The van der Waals surface area contributed by atoms with Crippen molar-refractivity contribution in [2.45, 2.75) is 45.2 Å². The number of benzene rings is 1. The third-order valence-electron chi connectivity index (χ3n) is 4.81. The van der Waals surface area contributed by atoms with Crippen LogP contribution in [-0.2, 0) is 17.9 Å². The molecule has 0 aliphatic carbocycles. The maximum atomic E-state index is 12.8. The van der Waals surface area contributed by atoms with Crippen LogP contribution < -0.4 is 5.32 Å². The molecule has 6 heteroatoms. The van der Waals surface area contributed by atoms with Crippen molar-refractivity contribution in [3.05, 3.63) is 52.8 Å². The number of carbonyl (C=O) groups is 1. The number of aromatic nitrogens is 2. The molecule has 26 heavy (non-hydrogen) atoms. The van der Waals surface area contributed by atoms with E-state index in [4.69, 9.17) is 11.6 Å². The van der Waals surface area contributed by atoms with Crippen LogP contribution in [0.4, 0.5) is 0 Å². The molecule has 2 heterocycles. The van der Waals surface area contributed by atoms with Crippen LogP contribution in [0.3, 0.4) is 0 Å². The lowest BCUT2D eigenvalue weighted by Gasteiger charge is -2.23. The van der Waals surface area contributed by atoms with Gasteiger partial charge in [0.25, 0.3) is 0 Å². The Balaban J connectivity index is 1.62. The van der Waals surface area contributed by atoms with Crippen molar-refractivity contribution < 1.29 is 4.79 Å². The van der Waals surface area contributed by atoms with E-state index >= 15 is 0 Å². The van der Waals surface area contributed by atoms with Gasteiger partial charge >= 0.3 is 0 Å². The molecule has 2 aromatic rings. The number of hydrogen-bond donors (Lipinski definition) is 1. The van der Waals surface area contributed by atoms with Gasteiger partial charge < -0.3 is 10.2 Å². The molecule has 140 valence electrons. The Hall–Kier alpha value is -1.85. The predicted octanol–water partition coefficient (Wildman–Crippen LogP) is 3.44. The van der Waals surface area contributed by atoms with Crippen LogP contribution in [0, 0.1) is 0 Å². The van der Waals surface area contributed by atoms with E-state index in [0.29, 0.717) is 17.5 Å². The molecule has 0 saturated carbocycles. The maximum absolute atomic E-state index is 12.8. The lowest BCUT2D eigenvalue weighted by atomic mass is 9.97. The summed E-state index contributed by atoms with van der Waals surface area (Å²) in [5.41, 5.74) is 2.18. The number of piperidine rings is 1. The molecule has 3 rings (SSSR count). The standard InChI is InChI=1S/C20H27ClN4O/c1-2-11-24(14-16-5-7-18(21)8-6-16)20(26)15-25-12-9-19(23-25)17-4-3-10-22-13-17/h5-9,12,17,22H,2-4,10-11,13-15H2,1H3/t17-/m0/s1. The van der Waals surface area contributed by atoms with Gasteiger partial charge in [-0.2, -0.15) is 5.10 Å². The molecule has 1 saturated heterocycles. The monoisotopic (exact) mass is 374 g/mol. The number of nitrogens with one attached hydrogen (secondary N) is 1. The molecule has 1 atom stereocenters. The Bertz CT molecular complexity index is 707. The minimum atomic E-state index is 0.0956.